The van der Waals surface area contributed by atoms with E-state index in [4.69, 9.17) is 14.6 Å². The van der Waals surface area contributed by atoms with Crippen molar-refractivity contribution in [2.24, 2.45) is 0 Å². The third-order valence-electron chi connectivity index (χ3n) is 3.18. The van der Waals surface area contributed by atoms with Crippen molar-refractivity contribution in [2.75, 3.05) is 18.5 Å². The summed E-state index contributed by atoms with van der Waals surface area (Å²) in [5.41, 5.74) is 1.30. The number of anilines is 1. The summed E-state index contributed by atoms with van der Waals surface area (Å²) >= 11 is 3.36. The third kappa shape index (κ3) is 5.93. The monoisotopic (exact) mass is 419 g/mol. The molecule has 0 atom stereocenters. The number of rotatable bonds is 8. The predicted molar refractivity (Wildman–Crippen MR) is 103 cm³/mol. The van der Waals surface area contributed by atoms with Gasteiger partial charge in [-0.05, 0) is 42.8 Å². The van der Waals surface area contributed by atoms with Gasteiger partial charge in [0.2, 0.25) is 0 Å². The molecular weight excluding hydrogens is 402 g/mol. The number of hydrogen-bond acceptors (Lipinski definition) is 4. The highest BCUT2D eigenvalue weighted by molar-refractivity contribution is 9.10. The molecule has 0 fully saturated rings. The van der Waals surface area contributed by atoms with Gasteiger partial charge in [0, 0.05) is 16.2 Å². The largest absolute Gasteiger partial charge is 0.490 e. The Balaban J connectivity index is 2.10. The number of carboxylic acid groups (broad SMARTS) is 1. The van der Waals surface area contributed by atoms with Gasteiger partial charge in [0.05, 0.1) is 6.61 Å². The molecule has 0 aromatic heterocycles. The van der Waals surface area contributed by atoms with Gasteiger partial charge in [0.15, 0.2) is 18.1 Å². The summed E-state index contributed by atoms with van der Waals surface area (Å²) in [5, 5.41) is 11.5. The lowest BCUT2D eigenvalue weighted by Crippen LogP contribution is -2.20. The number of para-hydroxylation sites is 1. The lowest BCUT2D eigenvalue weighted by molar-refractivity contribution is -0.131. The Morgan fingerprint density at radius 1 is 1.15 bits per heavy atom. The summed E-state index contributed by atoms with van der Waals surface area (Å²) < 4.78 is 11.7. The van der Waals surface area contributed by atoms with Crippen molar-refractivity contribution >= 4 is 39.6 Å². The Kier molecular flexibility index (Phi) is 7.23. The molecule has 0 bridgehead atoms. The lowest BCUT2D eigenvalue weighted by atomic mass is 10.2. The van der Waals surface area contributed by atoms with Gasteiger partial charge in [-0.15, -0.1) is 0 Å². The second-order valence-electron chi connectivity index (χ2n) is 5.13. The minimum atomic E-state index is -1.05. The van der Waals surface area contributed by atoms with Crippen molar-refractivity contribution in [3.63, 3.8) is 0 Å². The fraction of sp³-hybridized carbons (Fsp3) is 0.158. The molecule has 0 aliphatic rings. The van der Waals surface area contributed by atoms with Crippen molar-refractivity contribution in [3.8, 4) is 11.5 Å². The molecule has 2 aromatic carbocycles. The van der Waals surface area contributed by atoms with Crippen molar-refractivity contribution in [2.45, 2.75) is 6.92 Å². The molecule has 0 saturated heterocycles. The number of ether oxygens (including phenoxy) is 2. The molecule has 2 aromatic rings. The summed E-state index contributed by atoms with van der Waals surface area (Å²) in [5.74, 6) is -0.542. The smallest absolute Gasteiger partial charge is 0.328 e. The van der Waals surface area contributed by atoms with Gasteiger partial charge in [-0.3, -0.25) is 4.79 Å². The van der Waals surface area contributed by atoms with E-state index in [-0.39, 0.29) is 12.5 Å². The first kappa shape index (κ1) is 19.5. The van der Waals surface area contributed by atoms with Crippen molar-refractivity contribution in [1.82, 2.24) is 0 Å². The van der Waals surface area contributed by atoms with Gasteiger partial charge in [-0.1, -0.05) is 34.1 Å². The van der Waals surface area contributed by atoms with E-state index in [1.54, 1.807) is 24.3 Å². The number of carbonyl (C=O) groups is 2. The first-order valence-electron chi connectivity index (χ1n) is 7.84. The SMILES string of the molecule is CCOc1cc(C=CC(=O)O)c(Br)cc1OCC(=O)Nc1ccccc1. The molecule has 0 heterocycles. The molecule has 6 nitrogen and oxygen atoms in total. The maximum Gasteiger partial charge on any atom is 0.328 e. The second kappa shape index (κ2) is 9.62. The lowest BCUT2D eigenvalue weighted by Gasteiger charge is -2.14. The van der Waals surface area contributed by atoms with Crippen LogP contribution in [-0.2, 0) is 9.59 Å². The first-order valence-corrected chi connectivity index (χ1v) is 8.64. The highest BCUT2D eigenvalue weighted by atomic mass is 79.9. The van der Waals surface area contributed by atoms with Crippen molar-refractivity contribution in [3.05, 3.63) is 58.6 Å². The van der Waals surface area contributed by atoms with Crippen LogP contribution in [0.4, 0.5) is 5.69 Å². The zero-order chi connectivity index (χ0) is 18.9. The number of carboxylic acids is 1. The van der Waals surface area contributed by atoms with E-state index in [9.17, 15) is 9.59 Å². The standard InChI is InChI=1S/C19H18BrNO5/c1-2-25-16-10-13(8-9-19(23)24)15(20)11-17(16)26-12-18(22)21-14-6-4-3-5-7-14/h3-11H,2,12H2,1H3,(H,21,22)(H,23,24). The maximum atomic E-state index is 12.0. The van der Waals surface area contributed by atoms with Crippen molar-refractivity contribution < 1.29 is 24.2 Å². The summed E-state index contributed by atoms with van der Waals surface area (Å²) in [6.45, 7) is 2.03. The van der Waals surface area contributed by atoms with Crippen LogP contribution in [-0.4, -0.2) is 30.2 Å². The van der Waals surface area contributed by atoms with E-state index < -0.39 is 5.97 Å². The van der Waals surface area contributed by atoms with E-state index in [0.29, 0.717) is 33.8 Å². The molecule has 0 aliphatic carbocycles. The average Bonchev–Trinajstić information content (AvgIpc) is 2.61. The van der Waals surface area contributed by atoms with E-state index in [1.807, 2.05) is 25.1 Å². The molecule has 7 heteroatoms. The Hall–Kier alpha value is -2.80. The number of aliphatic carboxylic acids is 1. The zero-order valence-corrected chi connectivity index (χ0v) is 15.7. The molecule has 26 heavy (non-hydrogen) atoms. The fourth-order valence-corrected chi connectivity index (χ4v) is 2.54. The fourth-order valence-electron chi connectivity index (χ4n) is 2.08. The van der Waals surface area contributed by atoms with Crippen LogP contribution in [0.5, 0.6) is 11.5 Å². The molecule has 1 amide bonds. The maximum absolute atomic E-state index is 12.0. The van der Waals surface area contributed by atoms with Crippen LogP contribution in [0.1, 0.15) is 12.5 Å². The molecule has 136 valence electrons. The van der Waals surface area contributed by atoms with Crippen LogP contribution in [0.2, 0.25) is 0 Å². The zero-order valence-electron chi connectivity index (χ0n) is 14.1. The van der Waals surface area contributed by atoms with Crippen LogP contribution in [0.15, 0.2) is 53.0 Å². The predicted octanol–water partition coefficient (Wildman–Crippen LogP) is 3.96. The van der Waals surface area contributed by atoms with Crippen LogP contribution in [0.3, 0.4) is 0 Å². The molecular formula is C19H18BrNO5. The van der Waals surface area contributed by atoms with Gasteiger partial charge in [-0.25, -0.2) is 4.79 Å². The first-order chi connectivity index (χ1) is 12.5. The highest BCUT2D eigenvalue weighted by Gasteiger charge is 2.12. The number of carbonyl (C=O) groups excluding carboxylic acids is 1. The quantitative estimate of drug-likeness (QED) is 0.632. The van der Waals surface area contributed by atoms with Crippen LogP contribution in [0.25, 0.3) is 6.08 Å². The number of benzene rings is 2. The second-order valence-corrected chi connectivity index (χ2v) is 5.98. The normalized spacial score (nSPS) is 10.5. The molecule has 2 rings (SSSR count). The van der Waals surface area contributed by atoms with E-state index in [1.165, 1.54) is 6.08 Å². The van der Waals surface area contributed by atoms with Gasteiger partial charge in [-0.2, -0.15) is 0 Å². The number of halogens is 1. The summed E-state index contributed by atoms with van der Waals surface area (Å²) in [7, 11) is 0. The molecule has 0 unspecified atom stereocenters. The average molecular weight is 420 g/mol. The summed E-state index contributed by atoms with van der Waals surface area (Å²) in [6, 6.07) is 12.4. The van der Waals surface area contributed by atoms with E-state index in [2.05, 4.69) is 21.2 Å². The number of hydrogen-bond donors (Lipinski definition) is 2. The molecule has 2 N–H and O–H groups in total. The van der Waals surface area contributed by atoms with E-state index >= 15 is 0 Å². The van der Waals surface area contributed by atoms with Gasteiger partial charge < -0.3 is 19.9 Å². The molecule has 0 aliphatic heterocycles. The highest BCUT2D eigenvalue weighted by Crippen LogP contribution is 2.34. The van der Waals surface area contributed by atoms with Crippen LogP contribution in [0, 0.1) is 0 Å². The Morgan fingerprint density at radius 2 is 1.85 bits per heavy atom. The summed E-state index contributed by atoms with van der Waals surface area (Å²) in [4.78, 5) is 22.7. The number of amides is 1. The van der Waals surface area contributed by atoms with Gasteiger partial charge >= 0.3 is 5.97 Å². The molecule has 0 saturated carbocycles. The van der Waals surface area contributed by atoms with Crippen molar-refractivity contribution in [1.29, 1.82) is 0 Å². The topological polar surface area (TPSA) is 84.9 Å². The number of nitrogens with one attached hydrogen (secondary N) is 1. The Morgan fingerprint density at radius 3 is 2.50 bits per heavy atom. The molecule has 0 spiro atoms. The van der Waals surface area contributed by atoms with Crippen LogP contribution >= 0.6 is 15.9 Å². The Bertz CT molecular complexity index is 805. The molecule has 0 radical (unpaired) electrons. The minimum Gasteiger partial charge on any atom is -0.490 e. The van der Waals surface area contributed by atoms with Gasteiger partial charge in [0.25, 0.3) is 5.91 Å². The third-order valence-corrected chi connectivity index (χ3v) is 3.87. The Labute approximate surface area is 159 Å². The van der Waals surface area contributed by atoms with E-state index in [0.717, 1.165) is 6.08 Å². The van der Waals surface area contributed by atoms with Gasteiger partial charge in [0.1, 0.15) is 0 Å². The summed E-state index contributed by atoms with van der Waals surface area (Å²) in [6.07, 6.45) is 2.48. The van der Waals surface area contributed by atoms with Crippen LogP contribution < -0.4 is 14.8 Å². The minimum absolute atomic E-state index is 0.189.